The number of halogens is 1. The van der Waals surface area contributed by atoms with Crippen molar-refractivity contribution < 1.29 is 4.74 Å². The number of rotatable bonds is 4. The van der Waals surface area contributed by atoms with E-state index in [4.69, 9.17) is 21.6 Å². The van der Waals surface area contributed by atoms with Gasteiger partial charge in [0.15, 0.2) is 0 Å². The zero-order valence-corrected chi connectivity index (χ0v) is 11.7. The third kappa shape index (κ3) is 3.56. The minimum absolute atomic E-state index is 0.0209. The summed E-state index contributed by atoms with van der Waals surface area (Å²) in [6, 6.07) is 9.23. The summed E-state index contributed by atoms with van der Waals surface area (Å²) < 4.78 is 5.38. The quantitative estimate of drug-likeness (QED) is 0.931. The molecule has 1 N–H and O–H groups in total. The van der Waals surface area contributed by atoms with E-state index < -0.39 is 0 Å². The normalized spacial score (nSPS) is 10.2. The molecule has 0 saturated heterocycles. The molecule has 0 aliphatic carbocycles. The number of nitrogens with zero attached hydrogens (tertiary/aromatic N) is 4. The van der Waals surface area contributed by atoms with Gasteiger partial charge in [0.2, 0.25) is 11.2 Å². The van der Waals surface area contributed by atoms with E-state index in [1.807, 2.05) is 13.8 Å². The Morgan fingerprint density at radius 2 is 2.00 bits per heavy atom. The lowest BCUT2D eigenvalue weighted by Gasteiger charge is -2.10. The molecule has 2 aromatic rings. The molecule has 0 fully saturated rings. The number of hydrogen-bond donors (Lipinski definition) is 1. The van der Waals surface area contributed by atoms with Gasteiger partial charge in [-0.3, -0.25) is 0 Å². The zero-order chi connectivity index (χ0) is 14.5. The summed E-state index contributed by atoms with van der Waals surface area (Å²) in [5, 5.41) is 12.0. The molecule has 1 heterocycles. The molecule has 7 heteroatoms. The first-order chi connectivity index (χ1) is 9.58. The number of benzene rings is 1. The third-order valence-corrected chi connectivity index (χ3v) is 2.39. The molecule has 1 aromatic heterocycles. The topological polar surface area (TPSA) is 83.7 Å². The summed E-state index contributed by atoms with van der Waals surface area (Å²) in [4.78, 5) is 11.9. The van der Waals surface area contributed by atoms with E-state index in [9.17, 15) is 0 Å². The number of aromatic nitrogens is 3. The van der Waals surface area contributed by atoms with Crippen LogP contribution < -0.4 is 10.1 Å². The van der Waals surface area contributed by atoms with Crippen LogP contribution in [0, 0.1) is 11.3 Å². The molecule has 0 saturated carbocycles. The van der Waals surface area contributed by atoms with Crippen molar-refractivity contribution in [3.63, 3.8) is 0 Å². The molecule has 0 atom stereocenters. The molecule has 2 rings (SSSR count). The Balaban J connectivity index is 2.29. The van der Waals surface area contributed by atoms with E-state index in [1.165, 1.54) is 0 Å². The Hall–Kier alpha value is -2.39. The SMILES string of the molecule is CC(C)Oc1nc(Cl)nc(Nc2ccccc2C#N)n1. The van der Waals surface area contributed by atoms with E-state index in [1.54, 1.807) is 24.3 Å². The molecular formula is C13H12ClN5O. The van der Waals surface area contributed by atoms with E-state index in [0.29, 0.717) is 11.3 Å². The van der Waals surface area contributed by atoms with Crippen LogP contribution in [0.25, 0.3) is 0 Å². The zero-order valence-electron chi connectivity index (χ0n) is 11.0. The summed E-state index contributed by atoms with van der Waals surface area (Å²) in [5.41, 5.74) is 1.07. The molecule has 0 radical (unpaired) electrons. The molecule has 20 heavy (non-hydrogen) atoms. The van der Waals surface area contributed by atoms with Crippen LogP contribution in [-0.4, -0.2) is 21.1 Å². The molecule has 6 nitrogen and oxygen atoms in total. The van der Waals surface area contributed by atoms with Gasteiger partial charge in [-0.1, -0.05) is 12.1 Å². The number of para-hydroxylation sites is 1. The molecule has 102 valence electrons. The van der Waals surface area contributed by atoms with Crippen LogP contribution in [-0.2, 0) is 0 Å². The molecular weight excluding hydrogens is 278 g/mol. The Morgan fingerprint density at radius 1 is 1.25 bits per heavy atom. The van der Waals surface area contributed by atoms with E-state index >= 15 is 0 Å². The number of anilines is 2. The van der Waals surface area contributed by atoms with Crippen molar-refractivity contribution in [1.82, 2.24) is 15.0 Å². The molecule has 0 spiro atoms. The lowest BCUT2D eigenvalue weighted by Crippen LogP contribution is -2.10. The number of ether oxygens (including phenoxy) is 1. The van der Waals surface area contributed by atoms with Gasteiger partial charge in [-0.05, 0) is 37.6 Å². The minimum Gasteiger partial charge on any atom is -0.461 e. The predicted octanol–water partition coefficient (Wildman–Crippen LogP) is 2.93. The van der Waals surface area contributed by atoms with Crippen LogP contribution in [0.5, 0.6) is 6.01 Å². The van der Waals surface area contributed by atoms with Crippen LogP contribution >= 0.6 is 11.6 Å². The molecule has 0 bridgehead atoms. The summed E-state index contributed by atoms with van der Waals surface area (Å²) >= 11 is 5.83. The Kier molecular flexibility index (Phi) is 4.33. The van der Waals surface area contributed by atoms with Crippen molar-refractivity contribution in [2.45, 2.75) is 20.0 Å². The highest BCUT2D eigenvalue weighted by Gasteiger charge is 2.09. The average Bonchev–Trinajstić information content (AvgIpc) is 2.37. The van der Waals surface area contributed by atoms with Crippen molar-refractivity contribution in [3.05, 3.63) is 35.1 Å². The first kappa shape index (κ1) is 14.0. The molecule has 1 aromatic carbocycles. The van der Waals surface area contributed by atoms with Crippen LogP contribution in [0.4, 0.5) is 11.6 Å². The summed E-state index contributed by atoms with van der Waals surface area (Å²) in [7, 11) is 0. The Morgan fingerprint density at radius 3 is 2.70 bits per heavy atom. The second-order valence-electron chi connectivity index (χ2n) is 4.16. The van der Waals surface area contributed by atoms with Gasteiger partial charge in [-0.25, -0.2) is 0 Å². The fourth-order valence-corrected chi connectivity index (χ4v) is 1.61. The average molecular weight is 290 g/mol. The summed E-state index contributed by atoms with van der Waals surface area (Å²) in [5.74, 6) is 0.225. The van der Waals surface area contributed by atoms with Gasteiger partial charge in [0.05, 0.1) is 17.4 Å². The van der Waals surface area contributed by atoms with Gasteiger partial charge < -0.3 is 10.1 Å². The van der Waals surface area contributed by atoms with E-state index in [-0.39, 0.29) is 23.3 Å². The maximum Gasteiger partial charge on any atom is 0.322 e. The van der Waals surface area contributed by atoms with Crippen LogP contribution in [0.2, 0.25) is 5.28 Å². The lowest BCUT2D eigenvalue weighted by molar-refractivity contribution is 0.222. The third-order valence-electron chi connectivity index (χ3n) is 2.22. The van der Waals surface area contributed by atoms with Crippen molar-refractivity contribution >= 4 is 23.2 Å². The fraction of sp³-hybridized carbons (Fsp3) is 0.231. The molecule has 0 aliphatic heterocycles. The first-order valence-corrected chi connectivity index (χ1v) is 6.30. The molecule has 0 amide bonds. The van der Waals surface area contributed by atoms with Crippen molar-refractivity contribution in [2.75, 3.05) is 5.32 Å². The van der Waals surface area contributed by atoms with E-state index in [0.717, 1.165) is 0 Å². The van der Waals surface area contributed by atoms with Crippen LogP contribution in [0.1, 0.15) is 19.4 Å². The standard InChI is InChI=1S/C13H12ClN5O/c1-8(2)20-13-18-11(14)17-12(19-13)16-10-6-4-3-5-9(10)7-15/h3-6,8H,1-2H3,(H,16,17,18,19). The second kappa shape index (κ2) is 6.17. The van der Waals surface area contributed by atoms with Crippen LogP contribution in [0.3, 0.4) is 0 Å². The lowest BCUT2D eigenvalue weighted by atomic mass is 10.2. The predicted molar refractivity (Wildman–Crippen MR) is 75.0 cm³/mol. The number of nitriles is 1. The van der Waals surface area contributed by atoms with Gasteiger partial charge >= 0.3 is 6.01 Å². The molecule has 0 aliphatic rings. The smallest absolute Gasteiger partial charge is 0.322 e. The highest BCUT2D eigenvalue weighted by Crippen LogP contribution is 2.20. The van der Waals surface area contributed by atoms with E-state index in [2.05, 4.69) is 26.3 Å². The largest absolute Gasteiger partial charge is 0.461 e. The van der Waals surface area contributed by atoms with Crippen molar-refractivity contribution in [1.29, 1.82) is 5.26 Å². The van der Waals surface area contributed by atoms with Crippen LogP contribution in [0.15, 0.2) is 24.3 Å². The Bertz CT molecular complexity index is 653. The van der Waals surface area contributed by atoms with Gasteiger partial charge in [-0.15, -0.1) is 0 Å². The van der Waals surface area contributed by atoms with Crippen molar-refractivity contribution in [2.24, 2.45) is 0 Å². The summed E-state index contributed by atoms with van der Waals surface area (Å²) in [6.45, 7) is 3.71. The maximum atomic E-state index is 9.03. The monoisotopic (exact) mass is 289 g/mol. The van der Waals surface area contributed by atoms with Gasteiger partial charge in [0.1, 0.15) is 6.07 Å². The second-order valence-corrected chi connectivity index (χ2v) is 4.50. The summed E-state index contributed by atoms with van der Waals surface area (Å²) in [6.07, 6.45) is -0.0762. The highest BCUT2D eigenvalue weighted by atomic mass is 35.5. The van der Waals surface area contributed by atoms with Gasteiger partial charge in [0.25, 0.3) is 0 Å². The van der Waals surface area contributed by atoms with Gasteiger partial charge in [0, 0.05) is 0 Å². The number of nitrogens with one attached hydrogen (secondary N) is 1. The minimum atomic E-state index is -0.0762. The fourth-order valence-electron chi connectivity index (χ4n) is 1.46. The Labute approximate surface area is 121 Å². The number of hydrogen-bond acceptors (Lipinski definition) is 6. The van der Waals surface area contributed by atoms with Gasteiger partial charge in [-0.2, -0.15) is 20.2 Å². The first-order valence-electron chi connectivity index (χ1n) is 5.93. The maximum absolute atomic E-state index is 9.03. The molecule has 0 unspecified atom stereocenters. The van der Waals surface area contributed by atoms with Crippen molar-refractivity contribution in [3.8, 4) is 12.1 Å². The highest BCUT2D eigenvalue weighted by molar-refractivity contribution is 6.28.